The summed E-state index contributed by atoms with van der Waals surface area (Å²) in [5.74, 6) is -15.8. The van der Waals surface area contributed by atoms with Gasteiger partial charge >= 0.3 is 71.8 Å². The number of halogens is 1. The van der Waals surface area contributed by atoms with E-state index in [0.717, 1.165) is 0 Å². The van der Waals surface area contributed by atoms with Crippen LogP contribution in [0.5, 0.6) is 0 Å². The summed E-state index contributed by atoms with van der Waals surface area (Å²) in [5, 5.41) is 116. The minimum absolute atomic E-state index is 0.0498. The summed E-state index contributed by atoms with van der Waals surface area (Å²) in [7, 11) is 0. The maximum Gasteiger partial charge on any atom is 0.326 e. The highest BCUT2D eigenvalue weighted by atomic mass is 19.1. The molecule has 0 radical (unpaired) electrons. The zero-order valence-electron chi connectivity index (χ0n) is 52.7. The quantitative estimate of drug-likeness (QED) is 0.0389. The Balaban J connectivity index is 2.39. The number of aryl methyl sites for hydroxylation is 1. The largest absolute Gasteiger partial charge is 0.481 e. The van der Waals surface area contributed by atoms with Gasteiger partial charge < -0.3 is 99.1 Å². The van der Waals surface area contributed by atoms with E-state index in [9.17, 15) is 112 Å². The molecule has 38 nitrogen and oxygen atoms in total. The van der Waals surface area contributed by atoms with Gasteiger partial charge in [-0.3, -0.25) is 38.0 Å². The van der Waals surface area contributed by atoms with Crippen LogP contribution in [0, 0.1) is 0 Å². The maximum atomic E-state index is 14.4. The molecule has 0 saturated carbocycles. The molecule has 2 aromatic rings. The Labute approximate surface area is 552 Å². The highest BCUT2D eigenvalue weighted by Gasteiger charge is 2.35. The Morgan fingerprint density at radius 1 is 0.412 bits per heavy atom. The summed E-state index contributed by atoms with van der Waals surface area (Å²) in [5.41, 5.74) is -0.594. The summed E-state index contributed by atoms with van der Waals surface area (Å²) >= 11 is 0. The highest BCUT2D eigenvalue weighted by Crippen LogP contribution is 2.27. The molecule has 2 rings (SSSR count). The first-order chi connectivity index (χ1) is 45.8. The van der Waals surface area contributed by atoms with Gasteiger partial charge in [-0.1, -0.05) is 5.21 Å². The molecular formula is C58H84FN13O25. The van der Waals surface area contributed by atoms with Gasteiger partial charge in [-0.05, 0) is 133 Å². The number of amides is 10. The average molecular weight is 1380 g/mol. The molecule has 0 fully saturated rings. The first-order valence-electron chi connectivity index (χ1n) is 30.8. The molecule has 4 unspecified atom stereocenters. The summed E-state index contributed by atoms with van der Waals surface area (Å²) in [6.07, 6.45) is -3.18. The molecule has 538 valence electrons. The van der Waals surface area contributed by atoms with Gasteiger partial charge in [0.05, 0.1) is 24.3 Å². The Kier molecular flexibility index (Phi) is 37.3. The summed E-state index contributed by atoms with van der Waals surface area (Å²) in [6, 6.07) is -7.29. The van der Waals surface area contributed by atoms with Crippen LogP contribution in [0.2, 0.25) is 0 Å². The van der Waals surface area contributed by atoms with E-state index in [-0.39, 0.29) is 128 Å². The lowest BCUT2D eigenvalue weighted by atomic mass is 9.82. The van der Waals surface area contributed by atoms with E-state index in [0.29, 0.717) is 17.8 Å². The van der Waals surface area contributed by atoms with Crippen LogP contribution in [0.4, 0.5) is 18.8 Å². The van der Waals surface area contributed by atoms with Crippen LogP contribution in [0.3, 0.4) is 0 Å². The predicted molar refractivity (Wildman–Crippen MR) is 328 cm³/mol. The van der Waals surface area contributed by atoms with Crippen molar-refractivity contribution in [2.45, 2.75) is 189 Å². The number of nitrogens with one attached hydrogen (secondary N) is 10. The Morgan fingerprint density at radius 3 is 1.01 bits per heavy atom. The number of unbranched alkanes of at least 4 members (excludes halogenated alkanes) is 3. The number of nitrogens with zero attached hydrogens (tertiary/aromatic N) is 3. The fourth-order valence-corrected chi connectivity index (χ4v) is 9.28. The van der Waals surface area contributed by atoms with Gasteiger partial charge in [0.2, 0.25) is 17.7 Å². The van der Waals surface area contributed by atoms with Gasteiger partial charge in [-0.15, -0.1) is 5.10 Å². The van der Waals surface area contributed by atoms with Crippen LogP contribution in [-0.4, -0.2) is 224 Å². The minimum atomic E-state index is -1.65. The summed E-state index contributed by atoms with van der Waals surface area (Å²) in [4.78, 5) is 196. The molecule has 10 amide bonds. The number of rotatable bonds is 51. The third-order valence-corrected chi connectivity index (χ3v) is 14.7. The van der Waals surface area contributed by atoms with Crippen molar-refractivity contribution in [2.24, 2.45) is 0 Å². The third kappa shape index (κ3) is 34.8. The number of hydrogen-bond acceptors (Lipinski definition) is 18. The van der Waals surface area contributed by atoms with Crippen molar-refractivity contribution < 1.29 is 127 Å². The molecule has 7 atom stereocenters. The van der Waals surface area contributed by atoms with E-state index in [1.54, 1.807) is 6.20 Å². The molecule has 0 aliphatic heterocycles. The lowest BCUT2D eigenvalue weighted by Crippen LogP contribution is -2.51. The smallest absolute Gasteiger partial charge is 0.326 e. The number of carbonyl (C=O) groups is 16. The summed E-state index contributed by atoms with van der Waals surface area (Å²) < 4.78 is 14.3. The van der Waals surface area contributed by atoms with Crippen molar-refractivity contribution in [2.75, 3.05) is 26.3 Å². The molecule has 19 N–H and O–H groups in total. The zero-order valence-corrected chi connectivity index (χ0v) is 52.7. The van der Waals surface area contributed by atoms with Crippen molar-refractivity contribution in [3.63, 3.8) is 0 Å². The van der Waals surface area contributed by atoms with Gasteiger partial charge in [0, 0.05) is 69.3 Å². The second-order valence-electron chi connectivity index (χ2n) is 22.3. The number of alkyl halides is 1. The van der Waals surface area contributed by atoms with Gasteiger partial charge in [0.1, 0.15) is 36.3 Å². The fourth-order valence-electron chi connectivity index (χ4n) is 9.28. The second-order valence-corrected chi connectivity index (χ2v) is 22.3. The highest BCUT2D eigenvalue weighted by molar-refractivity contribution is 5.95. The van der Waals surface area contributed by atoms with E-state index in [2.05, 4.69) is 47.5 Å². The van der Waals surface area contributed by atoms with Gasteiger partial charge in [0.25, 0.3) is 5.91 Å². The molecule has 1 aromatic carbocycles. The number of carboxylic acids is 9. The Bertz CT molecular complexity index is 2810. The van der Waals surface area contributed by atoms with Gasteiger partial charge in [0.15, 0.2) is 0 Å². The van der Waals surface area contributed by atoms with Crippen molar-refractivity contribution in [3.8, 4) is 5.69 Å². The molecule has 39 heteroatoms. The van der Waals surface area contributed by atoms with Gasteiger partial charge in [-0.25, -0.2) is 47.8 Å². The number of urea groups is 3. The van der Waals surface area contributed by atoms with Crippen molar-refractivity contribution in [1.82, 2.24) is 68.2 Å². The Hall–Kier alpha value is -10.8. The van der Waals surface area contributed by atoms with E-state index in [4.69, 9.17) is 15.3 Å². The second kappa shape index (κ2) is 44.0. The van der Waals surface area contributed by atoms with E-state index >= 15 is 0 Å². The van der Waals surface area contributed by atoms with Crippen LogP contribution < -0.4 is 53.2 Å². The zero-order chi connectivity index (χ0) is 72.6. The number of benzene rings is 1. The SMILES string of the molecule is O=C(O)CCC(NC(=O)NC(CCCCNC(=O)CCC(CCC(=O)NCCCC[C@H](NC(=O)NC(CCC(=O)O)C(=O)O)C(=O)O)(CCC(=O)NCCCC[C@H](NC(=O)N[C@@H](CCC(=O)O)C(=O)O)C(=O)O)NC(=O)c1ccc(-n2cc(CCCF)nn2)cc1)C(=O)O)C(=O)O. The van der Waals surface area contributed by atoms with Crippen molar-refractivity contribution >= 4 is 95.4 Å². The normalized spacial score (nSPS) is 13.3. The number of hydrogen-bond donors (Lipinski definition) is 19. The van der Waals surface area contributed by atoms with Crippen LogP contribution in [0.25, 0.3) is 5.69 Å². The standard InChI is InChI=1S/C58H84FN13O25/c59-28-7-8-34-32-72(71-70-34)35-14-12-33(13-15-35)48(82)69-58(25-22-42(73)60-29-4-1-9-36(49(83)84)63-55(95)66-39(52(89)90)16-19-45(76)77,26-23-43(74)61-30-5-2-10-37(50(85)86)64-56(96)67-40(53(91)92)17-20-46(78)79)27-24-44(75)62-31-6-3-11-38(51(87)88)65-57(97)68-41(54(93)94)18-21-47(80)81/h12-15,32,36-41H,1-11,16-31H2,(H,60,73)(H,61,74)(H,62,75)(H,69,82)(H,76,77)(H,78,79)(H,80,81)(H,83,84)(H,85,86)(H,87,88)(H,89,90)(H,91,92)(H,93,94)(H2,63,66,95)(H2,64,67,96)(H2,65,68,97)/t36-,37-,38?,39-,40?,41?,58?/m0/s1. The van der Waals surface area contributed by atoms with E-state index in [1.165, 1.54) is 28.9 Å². The molecule has 0 bridgehead atoms. The lowest BCUT2D eigenvalue weighted by Gasteiger charge is -2.35. The first kappa shape index (κ1) is 82.3. The molecule has 0 aliphatic carbocycles. The van der Waals surface area contributed by atoms with Crippen molar-refractivity contribution in [1.29, 1.82) is 0 Å². The average Bonchev–Trinajstić information content (AvgIpc) is 1.83. The van der Waals surface area contributed by atoms with Crippen molar-refractivity contribution in [3.05, 3.63) is 41.7 Å². The monoisotopic (exact) mass is 1380 g/mol. The fraction of sp³-hybridized carbons (Fsp3) is 0.586. The van der Waals surface area contributed by atoms with Gasteiger partial charge in [-0.2, -0.15) is 0 Å². The number of carboxylic acid groups (broad SMARTS) is 9. The van der Waals surface area contributed by atoms with E-state index in [1.807, 2.05) is 16.0 Å². The Morgan fingerprint density at radius 2 is 0.722 bits per heavy atom. The molecule has 1 heterocycles. The molecule has 0 spiro atoms. The molecule has 97 heavy (non-hydrogen) atoms. The topological polar surface area (TPSA) is 606 Å². The van der Waals surface area contributed by atoms with Crippen LogP contribution in [0.1, 0.15) is 157 Å². The summed E-state index contributed by atoms with van der Waals surface area (Å²) in [6.45, 7) is -0.789. The lowest BCUT2D eigenvalue weighted by molar-refractivity contribution is -0.142. The number of aromatic nitrogens is 3. The minimum Gasteiger partial charge on any atom is -0.481 e. The number of aliphatic carboxylic acids is 9. The van der Waals surface area contributed by atoms with Crippen LogP contribution in [-0.2, 0) is 64.0 Å². The molecule has 0 aliphatic rings. The molecule has 1 aromatic heterocycles. The molecular weight excluding hydrogens is 1300 g/mol. The first-order valence-corrected chi connectivity index (χ1v) is 30.8. The van der Waals surface area contributed by atoms with Crippen LogP contribution in [0.15, 0.2) is 30.5 Å². The maximum absolute atomic E-state index is 14.4. The predicted octanol–water partition coefficient (Wildman–Crippen LogP) is 0.0493. The third-order valence-electron chi connectivity index (χ3n) is 14.7. The van der Waals surface area contributed by atoms with E-state index < -0.39 is 182 Å². The molecule has 0 saturated heterocycles. The van der Waals surface area contributed by atoms with Crippen LogP contribution >= 0.6 is 0 Å². The number of carbonyl (C=O) groups excluding carboxylic acids is 7.